The van der Waals surface area contributed by atoms with E-state index in [2.05, 4.69) is 0 Å². The highest BCUT2D eigenvalue weighted by Gasteiger charge is 2.36. The molecule has 6 heteroatoms. The van der Waals surface area contributed by atoms with E-state index in [0.29, 0.717) is 6.42 Å². The standard InChI is InChI=1S/C6H16O3Si.C2H3O2/c1-5-6(7)10(4,8-2)9-3;1-2(3)4/h6-7H,5H2,1-4H3;1H3. The molecule has 1 radical (unpaired) electrons. The molecular formula is C8H19O5Si. The summed E-state index contributed by atoms with van der Waals surface area (Å²) in [6, 6.07) is 0. The topological polar surface area (TPSA) is 75.7 Å². The first-order chi connectivity index (χ1) is 6.33. The van der Waals surface area contributed by atoms with E-state index >= 15 is 0 Å². The number of carbonyl (C=O) groups excluding carboxylic acids is 1. The largest absolute Gasteiger partial charge is 0.396 e. The van der Waals surface area contributed by atoms with Crippen LogP contribution in [0.15, 0.2) is 0 Å². The third-order valence-electron chi connectivity index (χ3n) is 1.80. The molecule has 0 saturated carbocycles. The zero-order valence-electron chi connectivity index (χ0n) is 9.36. The zero-order valence-corrected chi connectivity index (χ0v) is 10.4. The Morgan fingerprint density at radius 2 is 1.71 bits per heavy atom. The molecule has 1 atom stereocenters. The molecule has 0 aromatic carbocycles. The highest BCUT2D eigenvalue weighted by Crippen LogP contribution is 2.12. The molecule has 0 rings (SSSR count). The summed E-state index contributed by atoms with van der Waals surface area (Å²) in [5.41, 5.74) is -0.428. The maximum atomic E-state index is 9.39. The van der Waals surface area contributed by atoms with E-state index in [1.54, 1.807) is 14.2 Å². The van der Waals surface area contributed by atoms with Crippen molar-refractivity contribution in [3.8, 4) is 0 Å². The van der Waals surface area contributed by atoms with Gasteiger partial charge in [0.05, 0.1) is 5.73 Å². The van der Waals surface area contributed by atoms with Crippen LogP contribution in [0, 0.1) is 0 Å². The Morgan fingerprint density at radius 3 is 1.79 bits per heavy atom. The Kier molecular flexibility index (Phi) is 9.06. The van der Waals surface area contributed by atoms with Crippen molar-refractivity contribution in [2.45, 2.75) is 32.5 Å². The van der Waals surface area contributed by atoms with E-state index in [1.807, 2.05) is 13.5 Å². The van der Waals surface area contributed by atoms with E-state index in [-0.39, 0.29) is 0 Å². The van der Waals surface area contributed by atoms with Crippen LogP contribution in [0.3, 0.4) is 0 Å². The minimum atomic E-state index is -2.25. The van der Waals surface area contributed by atoms with Crippen molar-refractivity contribution in [1.82, 2.24) is 0 Å². The molecule has 1 N–H and O–H groups in total. The van der Waals surface area contributed by atoms with Crippen LogP contribution in [0.25, 0.3) is 0 Å². The Bertz CT molecular complexity index is 154. The van der Waals surface area contributed by atoms with Crippen LogP contribution < -0.4 is 0 Å². The molecule has 85 valence electrons. The lowest BCUT2D eigenvalue weighted by Crippen LogP contribution is -2.48. The smallest absolute Gasteiger partial charge is 0.364 e. The number of hydrogen-bond donors (Lipinski definition) is 1. The first-order valence-corrected chi connectivity index (χ1v) is 6.69. The highest BCUT2D eigenvalue weighted by molar-refractivity contribution is 6.67. The van der Waals surface area contributed by atoms with Crippen molar-refractivity contribution < 1.29 is 23.9 Å². The number of aliphatic hydroxyl groups excluding tert-OH is 1. The summed E-state index contributed by atoms with van der Waals surface area (Å²) in [4.78, 5) is 8.89. The minimum Gasteiger partial charge on any atom is -0.396 e. The molecule has 14 heavy (non-hydrogen) atoms. The zero-order chi connectivity index (χ0) is 11.8. The molecule has 5 nitrogen and oxygen atoms in total. The second-order valence-corrected chi connectivity index (χ2v) is 6.35. The van der Waals surface area contributed by atoms with Gasteiger partial charge in [-0.2, -0.15) is 0 Å². The van der Waals surface area contributed by atoms with Crippen molar-refractivity contribution in [1.29, 1.82) is 0 Å². The van der Waals surface area contributed by atoms with Gasteiger partial charge in [-0.3, -0.25) is 0 Å². The fourth-order valence-electron chi connectivity index (χ4n) is 0.726. The van der Waals surface area contributed by atoms with Crippen molar-refractivity contribution in [2.24, 2.45) is 0 Å². The van der Waals surface area contributed by atoms with Gasteiger partial charge in [0.1, 0.15) is 0 Å². The van der Waals surface area contributed by atoms with Gasteiger partial charge in [0, 0.05) is 21.1 Å². The van der Waals surface area contributed by atoms with Crippen molar-refractivity contribution in [3.63, 3.8) is 0 Å². The lowest BCUT2D eigenvalue weighted by atomic mass is 10.5. The lowest BCUT2D eigenvalue weighted by molar-refractivity contribution is -0.140. The SMILES string of the molecule is CC([O])=O.CCC(O)[Si](C)(OC)OC. The Morgan fingerprint density at radius 1 is 1.43 bits per heavy atom. The van der Waals surface area contributed by atoms with E-state index < -0.39 is 20.3 Å². The summed E-state index contributed by atoms with van der Waals surface area (Å²) < 4.78 is 10.2. The third-order valence-corrected chi connectivity index (χ3v) is 5.04. The number of aliphatic hydroxyl groups is 1. The van der Waals surface area contributed by atoms with Gasteiger partial charge in [-0.25, -0.2) is 9.90 Å². The monoisotopic (exact) mass is 223 g/mol. The van der Waals surface area contributed by atoms with Gasteiger partial charge in [0.15, 0.2) is 0 Å². The van der Waals surface area contributed by atoms with E-state index in [1.165, 1.54) is 0 Å². The fraction of sp³-hybridized carbons (Fsp3) is 0.875. The van der Waals surface area contributed by atoms with Gasteiger partial charge in [-0.05, 0) is 13.0 Å². The fourth-order valence-corrected chi connectivity index (χ4v) is 2.18. The van der Waals surface area contributed by atoms with E-state index in [9.17, 15) is 5.11 Å². The lowest BCUT2D eigenvalue weighted by Gasteiger charge is -2.26. The number of carbonyl (C=O) groups is 1. The molecule has 0 amide bonds. The van der Waals surface area contributed by atoms with Gasteiger partial charge >= 0.3 is 14.5 Å². The second kappa shape index (κ2) is 7.92. The first-order valence-electron chi connectivity index (χ1n) is 4.30. The van der Waals surface area contributed by atoms with Gasteiger partial charge in [0.25, 0.3) is 0 Å². The molecule has 1 unspecified atom stereocenters. The van der Waals surface area contributed by atoms with Crippen LogP contribution in [0.1, 0.15) is 20.3 Å². The summed E-state index contributed by atoms with van der Waals surface area (Å²) in [6.07, 6.45) is 0.685. The van der Waals surface area contributed by atoms with Crippen LogP contribution in [0.2, 0.25) is 6.55 Å². The molecule has 0 aromatic heterocycles. The Balaban J connectivity index is 0. The van der Waals surface area contributed by atoms with Gasteiger partial charge in [-0.1, -0.05) is 6.92 Å². The molecule has 0 aromatic rings. The van der Waals surface area contributed by atoms with E-state index in [4.69, 9.17) is 18.8 Å². The van der Waals surface area contributed by atoms with E-state index in [0.717, 1.165) is 6.92 Å². The molecule has 0 bridgehead atoms. The molecule has 0 heterocycles. The van der Waals surface area contributed by atoms with Gasteiger partial charge < -0.3 is 14.0 Å². The molecule has 0 fully saturated rings. The molecular weight excluding hydrogens is 204 g/mol. The van der Waals surface area contributed by atoms with Crippen LogP contribution in [0.4, 0.5) is 0 Å². The number of rotatable bonds is 4. The summed E-state index contributed by atoms with van der Waals surface area (Å²) in [5.74, 6) is -1.08. The summed E-state index contributed by atoms with van der Waals surface area (Å²) in [5, 5.41) is 18.3. The minimum absolute atomic E-state index is 0.428. The van der Waals surface area contributed by atoms with Crippen LogP contribution in [0.5, 0.6) is 0 Å². The van der Waals surface area contributed by atoms with Gasteiger partial charge in [0.2, 0.25) is 0 Å². The summed E-state index contributed by atoms with van der Waals surface area (Å²) in [6.45, 7) is 4.73. The quantitative estimate of drug-likeness (QED) is 0.709. The van der Waals surface area contributed by atoms with Crippen molar-refractivity contribution >= 4 is 14.5 Å². The van der Waals surface area contributed by atoms with Crippen LogP contribution in [-0.4, -0.2) is 39.6 Å². The van der Waals surface area contributed by atoms with Crippen LogP contribution >= 0.6 is 0 Å². The first kappa shape index (κ1) is 16.0. The Labute approximate surface area is 85.9 Å². The second-order valence-electron chi connectivity index (χ2n) is 2.84. The normalized spacial score (nSPS) is 12.7. The van der Waals surface area contributed by atoms with Crippen molar-refractivity contribution in [3.05, 3.63) is 0 Å². The predicted molar refractivity (Wildman–Crippen MR) is 53.3 cm³/mol. The summed E-state index contributed by atoms with van der Waals surface area (Å²) in [7, 11) is 0.911. The van der Waals surface area contributed by atoms with Gasteiger partial charge in [-0.15, -0.1) is 0 Å². The molecule has 0 saturated heterocycles. The van der Waals surface area contributed by atoms with Crippen molar-refractivity contribution in [2.75, 3.05) is 14.2 Å². The maximum Gasteiger partial charge on any atom is 0.364 e. The average molecular weight is 223 g/mol. The molecule has 0 aliphatic rings. The highest BCUT2D eigenvalue weighted by atomic mass is 28.4. The maximum absolute atomic E-state index is 9.39. The van der Waals surface area contributed by atoms with Crippen LogP contribution in [-0.2, 0) is 18.8 Å². The predicted octanol–water partition coefficient (Wildman–Crippen LogP) is 0.625. The molecule has 0 aliphatic heterocycles. The average Bonchev–Trinajstić information content (AvgIpc) is 2.14. The molecule has 0 aliphatic carbocycles. The third kappa shape index (κ3) is 7.02. The number of hydrogen-bond acceptors (Lipinski definition) is 4. The molecule has 0 spiro atoms. The summed E-state index contributed by atoms with van der Waals surface area (Å²) >= 11 is 0. The Hall–Kier alpha value is -0.433.